The summed E-state index contributed by atoms with van der Waals surface area (Å²) in [6, 6.07) is 6.14. The fourth-order valence-electron chi connectivity index (χ4n) is 4.36. The third-order valence-electron chi connectivity index (χ3n) is 5.78. The molecule has 1 aromatic carbocycles. The average molecular weight is 411 g/mol. The monoisotopic (exact) mass is 411 g/mol. The highest BCUT2D eigenvalue weighted by Gasteiger charge is 2.49. The topological polar surface area (TPSA) is 96.7 Å². The van der Waals surface area contributed by atoms with Crippen molar-refractivity contribution in [1.82, 2.24) is 25.2 Å². The molecule has 2 heterocycles. The van der Waals surface area contributed by atoms with Gasteiger partial charge < -0.3 is 5.11 Å². The van der Waals surface area contributed by atoms with Crippen molar-refractivity contribution in [2.45, 2.75) is 36.0 Å². The molecule has 0 aliphatic heterocycles. The van der Waals surface area contributed by atoms with Crippen molar-refractivity contribution in [2.24, 2.45) is 5.41 Å². The van der Waals surface area contributed by atoms with Crippen LogP contribution in [-0.2, 0) is 11.2 Å². The van der Waals surface area contributed by atoms with Crippen LogP contribution < -0.4 is 0 Å². The van der Waals surface area contributed by atoms with Gasteiger partial charge in [0.2, 0.25) is 0 Å². The maximum absolute atomic E-state index is 13.3. The van der Waals surface area contributed by atoms with Gasteiger partial charge in [0.05, 0.1) is 29.2 Å². The number of aromatic amines is 1. The van der Waals surface area contributed by atoms with E-state index in [1.54, 1.807) is 41.0 Å². The molecule has 5 rings (SSSR count). The zero-order valence-electron chi connectivity index (χ0n) is 15.4. The SMILES string of the molecule is O=C(O)[C@]12Cc3cnn(-c4ccc(F)cc4)c3C=C1CC[C@H](Sc1cnn[nH]1)C2. The summed E-state index contributed by atoms with van der Waals surface area (Å²) in [6.45, 7) is 0. The number of benzene rings is 1. The molecule has 2 N–H and O–H groups in total. The first-order valence-corrected chi connectivity index (χ1v) is 10.2. The summed E-state index contributed by atoms with van der Waals surface area (Å²) in [4.78, 5) is 12.4. The van der Waals surface area contributed by atoms with E-state index in [1.165, 1.54) is 12.1 Å². The fraction of sp³-hybridized carbons (Fsp3) is 0.300. The zero-order chi connectivity index (χ0) is 20.0. The van der Waals surface area contributed by atoms with Crippen molar-refractivity contribution < 1.29 is 14.3 Å². The molecule has 0 radical (unpaired) electrons. The van der Waals surface area contributed by atoms with Gasteiger partial charge in [-0.05, 0) is 61.6 Å². The van der Waals surface area contributed by atoms with Gasteiger partial charge in [-0.25, -0.2) is 9.07 Å². The summed E-state index contributed by atoms with van der Waals surface area (Å²) in [5, 5.41) is 26.0. The van der Waals surface area contributed by atoms with E-state index < -0.39 is 11.4 Å². The molecule has 2 atom stereocenters. The van der Waals surface area contributed by atoms with Crippen molar-refractivity contribution >= 4 is 23.8 Å². The number of H-pyrrole nitrogens is 1. The van der Waals surface area contributed by atoms with Gasteiger partial charge in [-0.1, -0.05) is 10.8 Å². The Morgan fingerprint density at radius 3 is 2.86 bits per heavy atom. The van der Waals surface area contributed by atoms with Crippen LogP contribution in [0.5, 0.6) is 0 Å². The predicted molar refractivity (Wildman–Crippen MR) is 105 cm³/mol. The third-order valence-corrected chi connectivity index (χ3v) is 6.97. The number of carboxylic acid groups (broad SMARTS) is 1. The average Bonchev–Trinajstić information content (AvgIpc) is 3.36. The van der Waals surface area contributed by atoms with Gasteiger partial charge in [-0.3, -0.25) is 9.89 Å². The van der Waals surface area contributed by atoms with Crippen molar-refractivity contribution in [1.29, 1.82) is 0 Å². The van der Waals surface area contributed by atoms with E-state index in [1.807, 2.05) is 6.08 Å². The largest absolute Gasteiger partial charge is 0.481 e. The number of nitrogens with one attached hydrogen (secondary N) is 1. The molecule has 9 heteroatoms. The molecule has 7 nitrogen and oxygen atoms in total. The molecule has 29 heavy (non-hydrogen) atoms. The Labute approximate surface area is 170 Å². The summed E-state index contributed by atoms with van der Waals surface area (Å²) in [5.41, 5.74) is 2.54. The predicted octanol–water partition coefficient (Wildman–Crippen LogP) is 3.48. The van der Waals surface area contributed by atoms with Gasteiger partial charge in [-0.15, -0.1) is 16.9 Å². The summed E-state index contributed by atoms with van der Waals surface area (Å²) >= 11 is 1.60. The molecule has 0 spiro atoms. The Morgan fingerprint density at radius 1 is 1.31 bits per heavy atom. The minimum Gasteiger partial charge on any atom is -0.481 e. The van der Waals surface area contributed by atoms with Crippen LogP contribution >= 0.6 is 11.8 Å². The van der Waals surface area contributed by atoms with Crippen molar-refractivity contribution in [3.63, 3.8) is 0 Å². The summed E-state index contributed by atoms with van der Waals surface area (Å²) in [7, 11) is 0. The van der Waals surface area contributed by atoms with E-state index in [-0.39, 0.29) is 11.1 Å². The molecule has 3 aromatic rings. The van der Waals surface area contributed by atoms with Gasteiger partial charge in [-0.2, -0.15) is 5.10 Å². The second-order valence-electron chi connectivity index (χ2n) is 7.48. The number of hydrogen-bond acceptors (Lipinski definition) is 5. The van der Waals surface area contributed by atoms with Crippen molar-refractivity contribution in [3.8, 4) is 5.69 Å². The lowest BCUT2D eigenvalue weighted by Gasteiger charge is -2.41. The lowest BCUT2D eigenvalue weighted by Crippen LogP contribution is -2.42. The number of thioether (sulfide) groups is 1. The minimum absolute atomic E-state index is 0.166. The van der Waals surface area contributed by atoms with Crippen LogP contribution in [0.2, 0.25) is 0 Å². The number of carbonyl (C=O) groups is 1. The van der Waals surface area contributed by atoms with Crippen LogP contribution in [0, 0.1) is 11.2 Å². The lowest BCUT2D eigenvalue weighted by atomic mass is 9.64. The zero-order valence-corrected chi connectivity index (χ0v) is 16.2. The number of aromatic nitrogens is 5. The molecule has 148 valence electrons. The van der Waals surface area contributed by atoms with Gasteiger partial charge in [0, 0.05) is 5.25 Å². The number of halogens is 1. The molecule has 0 saturated heterocycles. The molecule has 1 fully saturated rings. The highest BCUT2D eigenvalue weighted by atomic mass is 32.2. The van der Waals surface area contributed by atoms with E-state index >= 15 is 0 Å². The van der Waals surface area contributed by atoms with Crippen LogP contribution in [0.25, 0.3) is 11.8 Å². The van der Waals surface area contributed by atoms with Gasteiger partial charge >= 0.3 is 5.97 Å². The molecule has 2 aromatic heterocycles. The minimum atomic E-state index is -0.924. The Hall–Kier alpha value is -2.94. The second kappa shape index (κ2) is 6.84. The van der Waals surface area contributed by atoms with Gasteiger partial charge in [0.1, 0.15) is 10.8 Å². The molecule has 0 amide bonds. The first kappa shape index (κ1) is 18.1. The van der Waals surface area contributed by atoms with Crippen LogP contribution in [0.4, 0.5) is 4.39 Å². The van der Waals surface area contributed by atoms with E-state index in [0.29, 0.717) is 19.3 Å². The summed E-state index contributed by atoms with van der Waals surface area (Å²) in [6.07, 6.45) is 7.90. The molecule has 0 unspecified atom stereocenters. The van der Waals surface area contributed by atoms with Crippen LogP contribution in [0.15, 0.2) is 47.3 Å². The van der Waals surface area contributed by atoms with Crippen LogP contribution in [0.3, 0.4) is 0 Å². The third kappa shape index (κ3) is 3.05. The first-order chi connectivity index (χ1) is 14.0. The van der Waals surface area contributed by atoms with Gasteiger partial charge in [0.15, 0.2) is 0 Å². The number of fused-ring (bicyclic) bond motifs is 2. The summed E-state index contributed by atoms with van der Waals surface area (Å²) < 4.78 is 15.0. The Bertz CT molecular complexity index is 1090. The quantitative estimate of drug-likeness (QED) is 0.682. The fourth-order valence-corrected chi connectivity index (χ4v) is 5.52. The molecular weight excluding hydrogens is 393 g/mol. The maximum Gasteiger partial charge on any atom is 0.314 e. The van der Waals surface area contributed by atoms with E-state index in [0.717, 1.165) is 34.0 Å². The summed E-state index contributed by atoms with van der Waals surface area (Å²) in [5.74, 6) is -1.10. The molecule has 0 bridgehead atoms. The molecule has 1 saturated carbocycles. The number of aliphatic carboxylic acids is 1. The number of nitrogens with zero attached hydrogens (tertiary/aromatic N) is 4. The van der Waals surface area contributed by atoms with E-state index in [4.69, 9.17) is 0 Å². The van der Waals surface area contributed by atoms with E-state index in [9.17, 15) is 14.3 Å². The molecule has 2 aliphatic rings. The Kier molecular flexibility index (Phi) is 4.27. The Morgan fingerprint density at radius 2 is 2.14 bits per heavy atom. The highest BCUT2D eigenvalue weighted by Crippen LogP contribution is 2.51. The maximum atomic E-state index is 13.3. The highest BCUT2D eigenvalue weighted by molar-refractivity contribution is 7.99. The lowest BCUT2D eigenvalue weighted by molar-refractivity contribution is -0.147. The Balaban J connectivity index is 1.49. The second-order valence-corrected chi connectivity index (χ2v) is 8.82. The molecular formula is C20H18FN5O2S. The standard InChI is InChI=1S/C20H18FN5O2S/c21-14-2-4-15(5-3-14)26-17-7-13-1-6-16(29-18-11-22-25-24-18)9-20(13,19(27)28)8-12(17)10-23-26/h2-5,7,10-11,16H,1,6,8-9H2,(H,27,28)(H,22,24,25)/t16-,20-/m0/s1. The smallest absolute Gasteiger partial charge is 0.314 e. The van der Waals surface area contributed by atoms with Crippen molar-refractivity contribution in [3.05, 3.63) is 59.3 Å². The van der Waals surface area contributed by atoms with Crippen molar-refractivity contribution in [2.75, 3.05) is 0 Å². The number of rotatable bonds is 4. The van der Waals surface area contributed by atoms with Crippen LogP contribution in [-0.4, -0.2) is 41.5 Å². The van der Waals surface area contributed by atoms with Gasteiger partial charge in [0.25, 0.3) is 0 Å². The normalized spacial score (nSPS) is 23.2. The molecule has 2 aliphatic carbocycles. The number of carboxylic acids is 1. The van der Waals surface area contributed by atoms with E-state index in [2.05, 4.69) is 20.5 Å². The van der Waals surface area contributed by atoms with Crippen LogP contribution in [0.1, 0.15) is 30.5 Å². The first-order valence-electron chi connectivity index (χ1n) is 9.35. The number of hydrogen-bond donors (Lipinski definition) is 2.